The van der Waals surface area contributed by atoms with Gasteiger partial charge in [-0.15, -0.1) is 0 Å². The molecule has 1 heterocycles. The normalized spacial score (nSPS) is 10.2. The number of carbonyl (C=O) groups is 2. The van der Waals surface area contributed by atoms with Gasteiger partial charge >= 0.3 is 5.97 Å². The van der Waals surface area contributed by atoms with Crippen molar-refractivity contribution >= 4 is 27.8 Å². The zero-order valence-electron chi connectivity index (χ0n) is 13.8. The highest BCUT2D eigenvalue weighted by atomic mass is 79.9. The summed E-state index contributed by atoms with van der Waals surface area (Å²) in [5, 5.41) is 2.81. The highest BCUT2D eigenvalue weighted by molar-refractivity contribution is 9.10. The van der Waals surface area contributed by atoms with Gasteiger partial charge in [-0.3, -0.25) is 9.59 Å². The van der Waals surface area contributed by atoms with E-state index < -0.39 is 0 Å². The number of hydrogen-bond donors (Lipinski definition) is 1. The van der Waals surface area contributed by atoms with Gasteiger partial charge in [0.2, 0.25) is 5.88 Å². The molecule has 0 aliphatic rings. The molecule has 132 valence electrons. The summed E-state index contributed by atoms with van der Waals surface area (Å²) in [5.74, 6) is 0.327. The summed E-state index contributed by atoms with van der Waals surface area (Å²) in [6.07, 6.45) is 3.25. The largest absolute Gasteiger partial charge is 0.469 e. The van der Waals surface area contributed by atoms with Crippen molar-refractivity contribution in [3.8, 4) is 11.6 Å². The van der Waals surface area contributed by atoms with Crippen molar-refractivity contribution in [1.82, 2.24) is 10.3 Å². The van der Waals surface area contributed by atoms with Gasteiger partial charge in [0, 0.05) is 23.6 Å². The number of rotatable bonds is 8. The Hall–Kier alpha value is -2.41. The van der Waals surface area contributed by atoms with Crippen LogP contribution < -0.4 is 10.1 Å². The third-order valence-corrected chi connectivity index (χ3v) is 3.89. The number of hydrogen-bond acceptors (Lipinski definition) is 5. The summed E-state index contributed by atoms with van der Waals surface area (Å²) in [6, 6.07) is 10.6. The van der Waals surface area contributed by atoms with Gasteiger partial charge in [-0.25, -0.2) is 4.98 Å². The molecule has 0 fully saturated rings. The van der Waals surface area contributed by atoms with E-state index in [0.29, 0.717) is 37.1 Å². The number of methoxy groups -OCH3 is 1. The van der Waals surface area contributed by atoms with Gasteiger partial charge in [-0.1, -0.05) is 15.9 Å². The van der Waals surface area contributed by atoms with Crippen LogP contribution in [-0.2, 0) is 9.53 Å². The van der Waals surface area contributed by atoms with Crippen molar-refractivity contribution in [2.24, 2.45) is 0 Å². The van der Waals surface area contributed by atoms with Crippen LogP contribution in [0.3, 0.4) is 0 Å². The molecule has 0 saturated heterocycles. The van der Waals surface area contributed by atoms with Gasteiger partial charge in [-0.05, 0) is 49.2 Å². The minimum absolute atomic E-state index is 0.247. The lowest BCUT2D eigenvalue weighted by Gasteiger charge is -2.10. The second-order valence-corrected chi connectivity index (χ2v) is 6.12. The molecule has 2 rings (SSSR count). The molecule has 1 N–H and O–H groups in total. The topological polar surface area (TPSA) is 77.5 Å². The van der Waals surface area contributed by atoms with Crippen LogP contribution in [0.25, 0.3) is 0 Å². The Kier molecular flexibility index (Phi) is 7.40. The molecule has 6 nitrogen and oxygen atoms in total. The number of amides is 1. The van der Waals surface area contributed by atoms with Gasteiger partial charge in [0.1, 0.15) is 11.3 Å². The van der Waals surface area contributed by atoms with Crippen molar-refractivity contribution in [3.63, 3.8) is 0 Å². The molecule has 0 unspecified atom stereocenters. The molecule has 1 aromatic heterocycles. The van der Waals surface area contributed by atoms with Crippen LogP contribution in [0, 0.1) is 0 Å². The molecule has 1 amide bonds. The monoisotopic (exact) mass is 406 g/mol. The molecule has 0 bridgehead atoms. The molecular formula is C18H19BrN2O4. The van der Waals surface area contributed by atoms with Crippen molar-refractivity contribution in [2.45, 2.75) is 19.3 Å². The Morgan fingerprint density at radius 2 is 1.92 bits per heavy atom. The maximum atomic E-state index is 12.3. The first-order chi connectivity index (χ1) is 12.1. The predicted molar refractivity (Wildman–Crippen MR) is 96.7 cm³/mol. The first-order valence-electron chi connectivity index (χ1n) is 7.83. The Balaban J connectivity index is 1.91. The molecule has 1 aromatic carbocycles. The fourth-order valence-electron chi connectivity index (χ4n) is 2.05. The summed E-state index contributed by atoms with van der Waals surface area (Å²) < 4.78 is 11.2. The molecule has 2 aromatic rings. The van der Waals surface area contributed by atoms with Crippen LogP contribution in [-0.4, -0.2) is 30.5 Å². The molecule has 25 heavy (non-hydrogen) atoms. The molecular weight excluding hydrogens is 388 g/mol. The highest BCUT2D eigenvalue weighted by Gasteiger charge is 2.14. The molecule has 0 radical (unpaired) electrons. The lowest BCUT2D eigenvalue weighted by Crippen LogP contribution is -2.25. The summed E-state index contributed by atoms with van der Waals surface area (Å²) in [5.41, 5.74) is 0.360. The van der Waals surface area contributed by atoms with Crippen molar-refractivity contribution in [3.05, 3.63) is 52.6 Å². The number of nitrogens with zero attached hydrogens (tertiary/aromatic N) is 1. The SMILES string of the molecule is COC(=O)CCCCNC(=O)c1cccnc1Oc1ccc(Br)cc1. The van der Waals surface area contributed by atoms with Gasteiger partial charge in [0.25, 0.3) is 5.91 Å². The van der Waals surface area contributed by atoms with Crippen LogP contribution in [0.2, 0.25) is 0 Å². The smallest absolute Gasteiger partial charge is 0.305 e. The van der Waals surface area contributed by atoms with Gasteiger partial charge in [0.05, 0.1) is 7.11 Å². The van der Waals surface area contributed by atoms with Crippen LogP contribution in [0.15, 0.2) is 47.1 Å². The molecule has 7 heteroatoms. The first-order valence-corrected chi connectivity index (χ1v) is 8.63. The van der Waals surface area contributed by atoms with Gasteiger partial charge in [-0.2, -0.15) is 0 Å². The number of esters is 1. The Bertz CT molecular complexity index is 719. The van der Waals surface area contributed by atoms with E-state index in [1.54, 1.807) is 30.5 Å². The second-order valence-electron chi connectivity index (χ2n) is 5.20. The fraction of sp³-hybridized carbons (Fsp3) is 0.278. The van der Waals surface area contributed by atoms with E-state index in [0.717, 1.165) is 4.47 Å². The van der Waals surface area contributed by atoms with Crippen molar-refractivity contribution in [1.29, 1.82) is 0 Å². The second kappa shape index (κ2) is 9.78. The zero-order chi connectivity index (χ0) is 18.1. The predicted octanol–water partition coefficient (Wildman–Crippen LogP) is 3.71. The number of aromatic nitrogens is 1. The van der Waals surface area contributed by atoms with Crippen LogP contribution in [0.5, 0.6) is 11.6 Å². The van der Waals surface area contributed by atoms with E-state index in [9.17, 15) is 9.59 Å². The third-order valence-electron chi connectivity index (χ3n) is 3.36. The minimum Gasteiger partial charge on any atom is -0.469 e. The Morgan fingerprint density at radius 3 is 2.64 bits per heavy atom. The Morgan fingerprint density at radius 1 is 1.16 bits per heavy atom. The number of ether oxygens (including phenoxy) is 2. The molecule has 0 aliphatic heterocycles. The van der Waals surface area contributed by atoms with E-state index >= 15 is 0 Å². The summed E-state index contributed by atoms with van der Waals surface area (Å²) in [4.78, 5) is 27.5. The van der Waals surface area contributed by atoms with E-state index in [4.69, 9.17) is 4.74 Å². The summed E-state index contributed by atoms with van der Waals surface area (Å²) in [7, 11) is 1.36. The average molecular weight is 407 g/mol. The number of carbonyl (C=O) groups excluding carboxylic acids is 2. The molecule has 0 spiro atoms. The number of benzene rings is 1. The lowest BCUT2D eigenvalue weighted by molar-refractivity contribution is -0.140. The van der Waals surface area contributed by atoms with E-state index in [1.165, 1.54) is 7.11 Å². The van der Waals surface area contributed by atoms with E-state index in [-0.39, 0.29) is 17.8 Å². The number of unbranched alkanes of at least 4 members (excludes halogenated alkanes) is 1. The number of pyridine rings is 1. The maximum Gasteiger partial charge on any atom is 0.305 e. The third kappa shape index (κ3) is 6.19. The number of nitrogens with one attached hydrogen (secondary N) is 1. The quantitative estimate of drug-likeness (QED) is 0.533. The lowest BCUT2D eigenvalue weighted by atomic mass is 10.2. The average Bonchev–Trinajstić information content (AvgIpc) is 2.63. The van der Waals surface area contributed by atoms with Crippen LogP contribution in [0.4, 0.5) is 0 Å². The summed E-state index contributed by atoms with van der Waals surface area (Å²) in [6.45, 7) is 0.461. The maximum absolute atomic E-state index is 12.3. The van der Waals surface area contributed by atoms with Gasteiger partial charge < -0.3 is 14.8 Å². The van der Waals surface area contributed by atoms with Crippen molar-refractivity contribution in [2.75, 3.05) is 13.7 Å². The van der Waals surface area contributed by atoms with Crippen LogP contribution in [0.1, 0.15) is 29.6 Å². The molecule has 0 saturated carbocycles. The molecule has 0 aliphatic carbocycles. The highest BCUT2D eigenvalue weighted by Crippen LogP contribution is 2.24. The van der Waals surface area contributed by atoms with Gasteiger partial charge in [0.15, 0.2) is 0 Å². The van der Waals surface area contributed by atoms with E-state index in [2.05, 4.69) is 31.0 Å². The standard InChI is InChI=1S/C18H19BrN2O4/c1-24-16(22)6-2-3-11-20-17(23)15-5-4-12-21-18(15)25-14-9-7-13(19)8-10-14/h4-5,7-10,12H,2-3,6,11H2,1H3,(H,20,23). The number of halogens is 1. The fourth-order valence-corrected chi connectivity index (χ4v) is 2.32. The molecule has 0 atom stereocenters. The minimum atomic E-state index is -0.265. The zero-order valence-corrected chi connectivity index (χ0v) is 15.4. The van der Waals surface area contributed by atoms with Crippen LogP contribution >= 0.6 is 15.9 Å². The van der Waals surface area contributed by atoms with Crippen molar-refractivity contribution < 1.29 is 19.1 Å². The summed E-state index contributed by atoms with van der Waals surface area (Å²) >= 11 is 3.36. The first kappa shape index (κ1) is 18.9. The Labute approximate surface area is 154 Å². The van der Waals surface area contributed by atoms with E-state index in [1.807, 2.05) is 12.1 Å².